The lowest BCUT2D eigenvalue weighted by Crippen LogP contribution is -2.37. The Kier molecular flexibility index (Phi) is 5.38. The molecular formula is C17H22N2O4S2. The predicted molar refractivity (Wildman–Crippen MR) is 101 cm³/mol. The highest BCUT2D eigenvalue weighted by Crippen LogP contribution is 2.41. The molecule has 136 valence electrons. The summed E-state index contributed by atoms with van der Waals surface area (Å²) in [6, 6.07) is 7.30. The minimum absolute atomic E-state index is 0.0789. The minimum Gasteiger partial charge on any atom is -0.494 e. The van der Waals surface area contributed by atoms with E-state index in [1.165, 1.54) is 11.8 Å². The highest BCUT2D eigenvalue weighted by Gasteiger charge is 2.49. The van der Waals surface area contributed by atoms with Crippen molar-refractivity contribution in [2.24, 2.45) is 4.99 Å². The number of carbonyl (C=O) groups excluding carboxylic acids is 1. The fourth-order valence-corrected chi connectivity index (χ4v) is 7.04. The van der Waals surface area contributed by atoms with Crippen molar-refractivity contribution in [1.82, 2.24) is 0 Å². The van der Waals surface area contributed by atoms with Gasteiger partial charge in [0.05, 0.1) is 24.2 Å². The second-order valence-electron chi connectivity index (χ2n) is 6.14. The van der Waals surface area contributed by atoms with Crippen LogP contribution in [0.4, 0.5) is 5.69 Å². The quantitative estimate of drug-likeness (QED) is 0.779. The third kappa shape index (κ3) is 4.00. The number of aliphatic imine (C=N–C) groups is 1. The van der Waals surface area contributed by atoms with Crippen LogP contribution in [0.25, 0.3) is 0 Å². The van der Waals surface area contributed by atoms with Gasteiger partial charge in [0.2, 0.25) is 5.91 Å². The van der Waals surface area contributed by atoms with Crippen LogP contribution in [0.15, 0.2) is 29.3 Å². The molecule has 3 rings (SSSR count). The number of hydrogen-bond acceptors (Lipinski definition) is 5. The summed E-state index contributed by atoms with van der Waals surface area (Å²) in [5.74, 6) is 0.827. The maximum Gasteiger partial charge on any atom is 0.248 e. The zero-order valence-corrected chi connectivity index (χ0v) is 16.0. The number of thioether (sulfide) groups is 1. The van der Waals surface area contributed by atoms with Crippen LogP contribution >= 0.6 is 11.8 Å². The van der Waals surface area contributed by atoms with E-state index in [0.717, 1.165) is 17.9 Å². The van der Waals surface area contributed by atoms with Gasteiger partial charge in [-0.15, -0.1) is 0 Å². The number of amidine groups is 1. The summed E-state index contributed by atoms with van der Waals surface area (Å²) >= 11 is 1.40. The van der Waals surface area contributed by atoms with Gasteiger partial charge in [0.15, 0.2) is 15.0 Å². The fraction of sp³-hybridized carbons (Fsp3) is 0.529. The van der Waals surface area contributed by atoms with Crippen LogP contribution in [-0.4, -0.2) is 48.9 Å². The summed E-state index contributed by atoms with van der Waals surface area (Å²) in [6.07, 6.45) is 1.14. The van der Waals surface area contributed by atoms with E-state index in [-0.39, 0.29) is 28.7 Å². The lowest BCUT2D eigenvalue weighted by Gasteiger charge is -2.24. The lowest BCUT2D eigenvalue weighted by atomic mass is 10.2. The van der Waals surface area contributed by atoms with Gasteiger partial charge in [-0.2, -0.15) is 4.99 Å². The number of nitrogens with zero attached hydrogens (tertiary/aromatic N) is 2. The number of carbonyl (C=O) groups is 1. The van der Waals surface area contributed by atoms with E-state index in [1.54, 1.807) is 0 Å². The molecule has 0 saturated carbocycles. The van der Waals surface area contributed by atoms with E-state index >= 15 is 0 Å². The molecular weight excluding hydrogens is 360 g/mol. The second-order valence-corrected chi connectivity index (χ2v) is 9.50. The van der Waals surface area contributed by atoms with Gasteiger partial charge in [0, 0.05) is 17.4 Å². The smallest absolute Gasteiger partial charge is 0.248 e. The average molecular weight is 383 g/mol. The average Bonchev–Trinajstić information content (AvgIpc) is 3.00. The van der Waals surface area contributed by atoms with Gasteiger partial charge in [-0.3, -0.25) is 4.79 Å². The molecule has 8 heteroatoms. The maximum absolute atomic E-state index is 12.0. The van der Waals surface area contributed by atoms with Gasteiger partial charge in [-0.05, 0) is 37.6 Å². The van der Waals surface area contributed by atoms with Gasteiger partial charge >= 0.3 is 0 Å². The van der Waals surface area contributed by atoms with Crippen molar-refractivity contribution in [2.75, 3.05) is 23.0 Å². The summed E-state index contributed by atoms with van der Waals surface area (Å²) in [6.45, 7) is 4.44. The Labute approximate surface area is 152 Å². The Morgan fingerprint density at radius 3 is 2.64 bits per heavy atom. The van der Waals surface area contributed by atoms with Crippen LogP contribution in [-0.2, 0) is 14.6 Å². The number of ether oxygens (including phenoxy) is 1. The van der Waals surface area contributed by atoms with Crippen LogP contribution in [0, 0.1) is 0 Å². The lowest BCUT2D eigenvalue weighted by molar-refractivity contribution is -0.117. The van der Waals surface area contributed by atoms with Crippen LogP contribution in [0.1, 0.15) is 26.7 Å². The predicted octanol–water partition coefficient (Wildman–Crippen LogP) is 2.49. The minimum atomic E-state index is -3.05. The molecule has 1 aromatic rings. The number of sulfone groups is 1. The maximum atomic E-state index is 12.0. The van der Waals surface area contributed by atoms with Crippen LogP contribution in [0.2, 0.25) is 0 Å². The van der Waals surface area contributed by atoms with Crippen molar-refractivity contribution in [1.29, 1.82) is 0 Å². The zero-order valence-electron chi connectivity index (χ0n) is 14.3. The third-order valence-corrected chi connectivity index (χ3v) is 7.39. The topological polar surface area (TPSA) is 76.0 Å². The Balaban J connectivity index is 1.93. The second kappa shape index (κ2) is 7.37. The third-order valence-electron chi connectivity index (χ3n) is 4.18. The Morgan fingerprint density at radius 2 is 2.00 bits per heavy atom. The first-order valence-electron chi connectivity index (χ1n) is 8.44. The number of amides is 1. The SMILES string of the molecule is CCCC(=O)N=C1S[C@H]2CS(=O)(=O)C[C@H]2N1c1ccc(OCC)cc1. The van der Waals surface area contributed by atoms with Gasteiger partial charge < -0.3 is 9.64 Å². The molecule has 0 aliphatic carbocycles. The van der Waals surface area contributed by atoms with Gasteiger partial charge in [-0.1, -0.05) is 18.7 Å². The molecule has 2 heterocycles. The molecule has 1 amide bonds. The summed E-state index contributed by atoms with van der Waals surface area (Å²) < 4.78 is 29.5. The molecule has 2 aliphatic rings. The molecule has 0 radical (unpaired) electrons. The molecule has 25 heavy (non-hydrogen) atoms. The van der Waals surface area contributed by atoms with Crippen molar-refractivity contribution in [3.05, 3.63) is 24.3 Å². The first-order valence-corrected chi connectivity index (χ1v) is 11.1. The van der Waals surface area contributed by atoms with Gasteiger partial charge in [0.25, 0.3) is 0 Å². The first kappa shape index (κ1) is 18.3. The number of anilines is 1. The van der Waals surface area contributed by atoms with Crippen molar-refractivity contribution in [3.63, 3.8) is 0 Å². The summed E-state index contributed by atoms with van der Waals surface area (Å²) in [7, 11) is -3.05. The molecule has 0 aromatic heterocycles. The Morgan fingerprint density at radius 1 is 1.28 bits per heavy atom. The van der Waals surface area contributed by atoms with Crippen LogP contribution in [0.3, 0.4) is 0 Å². The Hall–Kier alpha value is -1.54. The fourth-order valence-electron chi connectivity index (χ4n) is 3.11. The molecule has 2 fully saturated rings. The van der Waals surface area contributed by atoms with Crippen molar-refractivity contribution >= 4 is 38.4 Å². The molecule has 0 bridgehead atoms. The monoisotopic (exact) mass is 382 g/mol. The molecule has 2 aliphatic heterocycles. The largest absolute Gasteiger partial charge is 0.494 e. The number of hydrogen-bond donors (Lipinski definition) is 0. The number of rotatable bonds is 5. The van der Waals surface area contributed by atoms with Crippen molar-refractivity contribution < 1.29 is 17.9 Å². The Bertz CT molecular complexity index is 774. The first-order chi connectivity index (χ1) is 11.9. The van der Waals surface area contributed by atoms with Crippen molar-refractivity contribution in [3.8, 4) is 5.75 Å². The zero-order chi connectivity index (χ0) is 18.0. The van der Waals surface area contributed by atoms with E-state index in [0.29, 0.717) is 18.2 Å². The highest BCUT2D eigenvalue weighted by atomic mass is 32.2. The highest BCUT2D eigenvalue weighted by molar-refractivity contribution is 8.16. The molecule has 2 saturated heterocycles. The van der Waals surface area contributed by atoms with Crippen LogP contribution < -0.4 is 9.64 Å². The molecule has 1 aromatic carbocycles. The van der Waals surface area contributed by atoms with E-state index in [4.69, 9.17) is 4.74 Å². The number of fused-ring (bicyclic) bond motifs is 1. The molecule has 0 N–H and O–H groups in total. The normalized spacial score (nSPS) is 26.0. The van der Waals surface area contributed by atoms with E-state index < -0.39 is 9.84 Å². The van der Waals surface area contributed by atoms with Gasteiger partial charge in [0.1, 0.15) is 5.75 Å². The van der Waals surface area contributed by atoms with E-state index in [1.807, 2.05) is 43.0 Å². The molecule has 0 spiro atoms. The summed E-state index contributed by atoms with van der Waals surface area (Å²) in [4.78, 5) is 18.2. The van der Waals surface area contributed by atoms with E-state index in [9.17, 15) is 13.2 Å². The molecule has 0 unspecified atom stereocenters. The van der Waals surface area contributed by atoms with E-state index in [2.05, 4.69) is 4.99 Å². The summed E-state index contributed by atoms with van der Waals surface area (Å²) in [5.41, 5.74) is 0.837. The molecule has 6 nitrogen and oxygen atoms in total. The van der Waals surface area contributed by atoms with Crippen molar-refractivity contribution in [2.45, 2.75) is 38.0 Å². The number of benzene rings is 1. The van der Waals surface area contributed by atoms with Crippen LogP contribution in [0.5, 0.6) is 5.75 Å². The summed E-state index contributed by atoms with van der Waals surface area (Å²) in [5, 5.41) is 0.525. The standard InChI is InChI=1S/C17H22N2O4S2/c1-3-5-16(20)18-17-19(12-6-8-13(9-7-12)23-4-2)14-10-25(21,22)11-15(14)24-17/h6-9,14-15H,3-5,10-11H2,1-2H3/t14-,15+/m1/s1. The molecule has 2 atom stereocenters. The van der Waals surface area contributed by atoms with Gasteiger partial charge in [-0.25, -0.2) is 8.42 Å².